The zero-order valence-electron chi connectivity index (χ0n) is 5.33. The Morgan fingerprint density at radius 2 is 2.20 bits per heavy atom. The van der Waals surface area contributed by atoms with Crippen LogP contribution in [-0.4, -0.2) is 35.2 Å². The number of ketones is 1. The monoisotopic (exact) mass is 167 g/mol. The number of rotatable bonds is 5. The Labute approximate surface area is 58.9 Å². The number of nitrogens with one attached hydrogen (secondary N) is 1. The van der Waals surface area contributed by atoms with Gasteiger partial charge in [-0.25, -0.2) is 0 Å². The first kappa shape index (κ1) is 9.78. The van der Waals surface area contributed by atoms with Gasteiger partial charge in [0.25, 0.3) is 0 Å². The summed E-state index contributed by atoms with van der Waals surface area (Å²) >= 11 is 0. The molecule has 0 saturated carbocycles. The summed E-state index contributed by atoms with van der Waals surface area (Å²) < 4.78 is 10.0. The van der Waals surface area contributed by atoms with Gasteiger partial charge in [0.05, 0.1) is 19.4 Å². The van der Waals surface area contributed by atoms with E-state index in [1.165, 1.54) is 0 Å². The molecule has 0 spiro atoms. The quantitative estimate of drug-likeness (QED) is 0.345. The second-order valence-corrected chi connectivity index (χ2v) is 2.84. The highest BCUT2D eigenvalue weighted by molar-refractivity contribution is 7.39. The van der Waals surface area contributed by atoms with Crippen molar-refractivity contribution in [2.45, 2.75) is 0 Å². The van der Waals surface area contributed by atoms with Crippen LogP contribution in [0.4, 0.5) is 0 Å². The third-order valence-electron chi connectivity index (χ3n) is 0.782. The first-order valence-electron chi connectivity index (χ1n) is 2.72. The molecule has 0 aliphatic rings. The first-order valence-corrected chi connectivity index (χ1v) is 4.28. The number of aliphatic hydroxyl groups excluding tert-OH is 1. The summed E-state index contributed by atoms with van der Waals surface area (Å²) in [7, 11) is -2.68. The van der Waals surface area contributed by atoms with Crippen molar-refractivity contribution >= 4 is 13.8 Å². The van der Waals surface area contributed by atoms with E-state index in [4.69, 9.17) is 10.00 Å². The predicted octanol–water partition coefficient (Wildman–Crippen LogP) is -1.44. The van der Waals surface area contributed by atoms with E-state index in [9.17, 15) is 9.36 Å². The Morgan fingerprint density at radius 3 is 2.60 bits per heavy atom. The molecule has 0 fully saturated rings. The van der Waals surface area contributed by atoms with Gasteiger partial charge in [-0.15, -0.1) is 0 Å². The van der Waals surface area contributed by atoms with Crippen molar-refractivity contribution in [1.29, 1.82) is 0 Å². The maximum atomic E-state index is 10.5. The van der Waals surface area contributed by atoms with Gasteiger partial charge in [-0.05, 0) is 0 Å². The van der Waals surface area contributed by atoms with Gasteiger partial charge < -0.3 is 10.00 Å². The highest BCUT2D eigenvalue weighted by atomic mass is 31.1. The average molecular weight is 167 g/mol. The van der Waals surface area contributed by atoms with Gasteiger partial charge in [-0.1, -0.05) is 0 Å². The molecule has 0 aromatic carbocycles. The highest BCUT2D eigenvalue weighted by Crippen LogP contribution is 2.10. The molecule has 1 unspecified atom stereocenters. The van der Waals surface area contributed by atoms with E-state index in [1.54, 1.807) is 0 Å². The van der Waals surface area contributed by atoms with Crippen LogP contribution in [0.5, 0.6) is 0 Å². The molecule has 0 radical (unpaired) electrons. The minimum absolute atomic E-state index is 0.0481. The minimum Gasteiger partial charge on any atom is -0.381 e. The molecule has 10 heavy (non-hydrogen) atoms. The molecular weight excluding hydrogens is 157 g/mol. The van der Waals surface area contributed by atoms with Gasteiger partial charge in [-0.2, -0.15) is 0 Å². The van der Waals surface area contributed by atoms with Crippen molar-refractivity contribution in [1.82, 2.24) is 5.32 Å². The smallest absolute Gasteiger partial charge is 0.196 e. The lowest BCUT2D eigenvalue weighted by molar-refractivity contribution is -0.116. The Morgan fingerprint density at radius 1 is 1.60 bits per heavy atom. The summed E-state index contributed by atoms with van der Waals surface area (Å²) in [5, 5.41) is 10.5. The number of hydrogen-bond acceptors (Lipinski definition) is 4. The van der Waals surface area contributed by atoms with Crippen LogP contribution in [0.15, 0.2) is 0 Å². The lowest BCUT2D eigenvalue weighted by Crippen LogP contribution is -2.24. The zero-order chi connectivity index (χ0) is 7.98. The largest absolute Gasteiger partial charge is 0.381 e. The minimum atomic E-state index is -2.68. The topological polar surface area (TPSA) is 86.6 Å². The number of carbonyl (C=O) groups excluding carboxylic acids is 1. The molecule has 1 atom stereocenters. The number of aliphatic hydroxyl groups is 1. The molecule has 0 bridgehead atoms. The van der Waals surface area contributed by atoms with Gasteiger partial charge in [0.2, 0.25) is 0 Å². The molecule has 6 heteroatoms. The Hall–Kier alpha value is -0.220. The van der Waals surface area contributed by atoms with E-state index < -0.39 is 8.03 Å². The summed E-state index contributed by atoms with van der Waals surface area (Å²) in [6.45, 7) is -0.342. The van der Waals surface area contributed by atoms with Gasteiger partial charge >= 0.3 is 0 Å². The summed E-state index contributed by atoms with van der Waals surface area (Å²) in [4.78, 5) is 18.8. The van der Waals surface area contributed by atoms with Crippen molar-refractivity contribution in [2.24, 2.45) is 0 Å². The number of carbonyl (C=O) groups is 1. The van der Waals surface area contributed by atoms with Gasteiger partial charge in [0.15, 0.2) is 13.8 Å². The first-order chi connectivity index (χ1) is 4.66. The van der Waals surface area contributed by atoms with Crippen LogP contribution in [0.25, 0.3) is 0 Å². The molecule has 0 aliphatic heterocycles. The van der Waals surface area contributed by atoms with Crippen LogP contribution in [-0.2, 0) is 9.36 Å². The van der Waals surface area contributed by atoms with E-state index in [2.05, 4.69) is 5.32 Å². The highest BCUT2D eigenvalue weighted by Gasteiger charge is 2.03. The third-order valence-corrected chi connectivity index (χ3v) is 1.48. The van der Waals surface area contributed by atoms with Crippen molar-refractivity contribution < 1.29 is 19.4 Å². The maximum Gasteiger partial charge on any atom is 0.196 e. The summed E-state index contributed by atoms with van der Waals surface area (Å²) in [5.74, 6) is -0.361. The zero-order valence-corrected chi connectivity index (χ0v) is 6.33. The molecule has 0 saturated heterocycles. The van der Waals surface area contributed by atoms with Crippen LogP contribution in [0.1, 0.15) is 0 Å². The Balaban J connectivity index is 3.35. The fourth-order valence-corrected chi connectivity index (χ4v) is 0.889. The molecule has 0 heterocycles. The normalized spacial score (nSPS) is 13.0. The molecule has 60 valence electrons. The Kier molecular flexibility index (Phi) is 5.43. The summed E-state index contributed by atoms with van der Waals surface area (Å²) in [5.41, 5.74) is 0. The molecule has 0 aromatic heterocycles. The fourth-order valence-electron chi connectivity index (χ4n) is 0.426. The average Bonchev–Trinajstić information content (AvgIpc) is 1.82. The van der Waals surface area contributed by atoms with E-state index in [0.29, 0.717) is 0 Å². The van der Waals surface area contributed by atoms with Gasteiger partial charge in [0.1, 0.15) is 0 Å². The lowest BCUT2D eigenvalue weighted by atomic mass is 10.4. The van der Waals surface area contributed by atoms with E-state index in [1.807, 2.05) is 0 Å². The standard InChI is InChI=1S/C4H10NO4P/c6-3-5-1-4(7)2-10(8)9/h5-6,10H,1-3H2,(H,8,9). The fraction of sp³-hybridized carbons (Fsp3) is 0.750. The summed E-state index contributed by atoms with van der Waals surface area (Å²) in [6, 6.07) is 0. The molecule has 0 aliphatic carbocycles. The van der Waals surface area contributed by atoms with Gasteiger partial charge in [0, 0.05) is 0 Å². The number of hydrogen-bond donors (Lipinski definition) is 3. The predicted molar refractivity (Wildman–Crippen MR) is 36.2 cm³/mol. The van der Waals surface area contributed by atoms with Crippen molar-refractivity contribution in [3.63, 3.8) is 0 Å². The van der Waals surface area contributed by atoms with Gasteiger partial charge in [-0.3, -0.25) is 14.7 Å². The van der Waals surface area contributed by atoms with Crippen molar-refractivity contribution in [3.8, 4) is 0 Å². The molecule has 5 nitrogen and oxygen atoms in total. The SMILES string of the molecule is O=C(CNCO)C[PH](=O)O. The van der Waals surface area contributed by atoms with Crippen LogP contribution in [0, 0.1) is 0 Å². The van der Waals surface area contributed by atoms with Crippen LogP contribution in [0.3, 0.4) is 0 Å². The number of Topliss-reactive ketones (excluding diaryl/α,β-unsaturated/α-hetero) is 1. The maximum absolute atomic E-state index is 10.5. The van der Waals surface area contributed by atoms with E-state index >= 15 is 0 Å². The lowest BCUT2D eigenvalue weighted by Gasteiger charge is -1.96. The van der Waals surface area contributed by atoms with E-state index in [0.717, 1.165) is 0 Å². The van der Waals surface area contributed by atoms with Crippen LogP contribution < -0.4 is 5.32 Å². The van der Waals surface area contributed by atoms with E-state index in [-0.39, 0.29) is 25.2 Å². The second kappa shape index (κ2) is 5.56. The summed E-state index contributed by atoms with van der Waals surface area (Å²) in [6.07, 6.45) is -0.308. The van der Waals surface area contributed by atoms with Crippen molar-refractivity contribution in [3.05, 3.63) is 0 Å². The van der Waals surface area contributed by atoms with Crippen LogP contribution in [0.2, 0.25) is 0 Å². The molecule has 3 N–H and O–H groups in total. The van der Waals surface area contributed by atoms with Crippen LogP contribution >= 0.6 is 8.03 Å². The second-order valence-electron chi connectivity index (χ2n) is 1.69. The van der Waals surface area contributed by atoms with Crippen molar-refractivity contribution in [2.75, 3.05) is 19.4 Å². The molecule has 0 rings (SSSR count). The molecule has 0 aromatic rings. The Bertz CT molecular complexity index is 137. The molecule has 0 amide bonds. The molecular formula is C4H10NO4P. The third kappa shape index (κ3) is 5.91.